The fraction of sp³-hybridized carbons (Fsp3) is 0.217. The third-order valence-electron chi connectivity index (χ3n) is 36.5. The fourth-order valence-corrected chi connectivity index (χ4v) is 27.0. The average molecular weight is 1860 g/mol. The van der Waals surface area contributed by atoms with Crippen LogP contribution in [0.15, 0.2) is 391 Å². The topological polar surface area (TPSA) is 36.0 Å². The highest BCUT2D eigenvalue weighted by molar-refractivity contribution is 6.08. The van der Waals surface area contributed by atoms with Gasteiger partial charge in [-0.05, 0) is 304 Å². The molecule has 702 valence electrons. The second kappa shape index (κ2) is 31.2. The Bertz CT molecular complexity index is 8710. The Labute approximate surface area is 843 Å². The van der Waals surface area contributed by atoms with Crippen LogP contribution < -0.4 is 14.7 Å². The van der Waals surface area contributed by atoms with Crippen LogP contribution in [0, 0.1) is 0 Å². The Balaban J connectivity index is 0.000000113. The molecule has 143 heavy (non-hydrogen) atoms. The minimum Gasteiger partial charge on any atom is -0.456 e. The molecule has 5 nitrogen and oxygen atoms in total. The molecule has 2 heterocycles. The minimum atomic E-state index is -0.184. The zero-order valence-electron chi connectivity index (χ0n) is 86.0. The molecular formula is C138H123N3O2. The third-order valence-corrected chi connectivity index (χ3v) is 36.5. The highest BCUT2D eigenvalue weighted by Crippen LogP contribution is 2.67. The largest absolute Gasteiger partial charge is 0.456 e. The standard InChI is InChI=1S/C48H45N.2C45H39NO/c1-45(2)39-20-14-12-18-33(39)35-24-22-31(28-41(35)45)49(30-16-10-9-11-17-30)32-23-25-36-37-26-27-38-34-19-13-15-21-40(34)47(5,6)48(7,8)44(38)43(37)46(3,4)42(36)29-32;1-43(2)37-25-24-34-31-16-10-12-18-36(31)44(3,4)45(5,6)42(34)41(37)35-23-21-29(26-38(35)43)46(28-14-8-7-9-15-28)30-20-22-33-32-17-11-13-19-39(32)47-40(33)27-30;1-43(2)38-26-29(46(28-14-8-7-9-15-28)30-21-23-34-33-17-11-13-19-39(33)47-40(34)27-30)20-22-32(38)35-24-25-36-31-16-10-12-18-37(31)44(3,4)45(5,6)42(36)41(35)43/h9-29H,1-8H3;2*7-27H,1-6H3. The van der Waals surface area contributed by atoms with Gasteiger partial charge >= 0.3 is 0 Å². The van der Waals surface area contributed by atoms with Crippen LogP contribution in [-0.2, 0) is 54.1 Å². The summed E-state index contributed by atoms with van der Waals surface area (Å²) in [6.07, 6.45) is 0. The lowest BCUT2D eigenvalue weighted by molar-refractivity contribution is 0.295. The number of furan rings is 2. The van der Waals surface area contributed by atoms with Crippen molar-refractivity contribution in [2.75, 3.05) is 14.7 Å². The Morgan fingerprint density at radius 2 is 0.392 bits per heavy atom. The molecular weight excluding hydrogens is 1730 g/mol. The van der Waals surface area contributed by atoms with E-state index >= 15 is 0 Å². The van der Waals surface area contributed by atoms with Crippen molar-refractivity contribution in [3.8, 4) is 77.9 Å². The molecule has 7 aliphatic carbocycles. The summed E-state index contributed by atoms with van der Waals surface area (Å²) in [4.78, 5) is 7.19. The number of hydrogen-bond acceptors (Lipinski definition) is 5. The van der Waals surface area contributed by atoms with Crippen molar-refractivity contribution in [3.05, 3.63) is 460 Å². The zero-order valence-corrected chi connectivity index (χ0v) is 86.0. The monoisotopic (exact) mass is 1850 g/mol. The Morgan fingerprint density at radius 3 is 0.776 bits per heavy atom. The van der Waals surface area contributed by atoms with Gasteiger partial charge in [0.25, 0.3) is 0 Å². The van der Waals surface area contributed by atoms with Crippen LogP contribution in [0.4, 0.5) is 51.2 Å². The zero-order chi connectivity index (χ0) is 98.7. The van der Waals surface area contributed by atoms with Crippen molar-refractivity contribution < 1.29 is 8.83 Å². The quantitative estimate of drug-likeness (QED) is 0.144. The summed E-state index contributed by atoms with van der Waals surface area (Å²) in [5.41, 5.74) is 52.4. The molecule has 0 atom stereocenters. The molecule has 0 unspecified atom stereocenters. The minimum absolute atomic E-state index is 0.0210. The highest BCUT2D eigenvalue weighted by Gasteiger charge is 2.55. The Hall–Kier alpha value is -15.0. The maximum absolute atomic E-state index is 6.35. The van der Waals surface area contributed by atoms with E-state index in [-0.39, 0.29) is 54.1 Å². The molecule has 7 aliphatic rings. The Morgan fingerprint density at radius 1 is 0.147 bits per heavy atom. The van der Waals surface area contributed by atoms with Crippen LogP contribution >= 0.6 is 0 Å². The first-order valence-electron chi connectivity index (χ1n) is 51.4. The highest BCUT2D eigenvalue weighted by atomic mass is 16.3. The summed E-state index contributed by atoms with van der Waals surface area (Å²) in [6.45, 7) is 48.6. The van der Waals surface area contributed by atoms with Gasteiger partial charge in [-0.2, -0.15) is 0 Å². The molecule has 0 aliphatic heterocycles. The first-order chi connectivity index (χ1) is 68.5. The lowest BCUT2D eigenvalue weighted by atomic mass is 9.53. The third kappa shape index (κ3) is 12.7. The van der Waals surface area contributed by atoms with Crippen molar-refractivity contribution in [2.24, 2.45) is 0 Å². The molecule has 2 aromatic heterocycles. The summed E-state index contributed by atoms with van der Waals surface area (Å²) < 4.78 is 12.7. The summed E-state index contributed by atoms with van der Waals surface area (Å²) >= 11 is 0. The number of benzene rings is 18. The van der Waals surface area contributed by atoms with Gasteiger partial charge in [-0.15, -0.1) is 0 Å². The van der Waals surface area contributed by atoms with Crippen molar-refractivity contribution in [1.29, 1.82) is 0 Å². The van der Waals surface area contributed by atoms with Gasteiger partial charge in [0.15, 0.2) is 0 Å². The Kier molecular flexibility index (Phi) is 19.5. The van der Waals surface area contributed by atoms with E-state index in [0.717, 1.165) is 78.0 Å². The van der Waals surface area contributed by atoms with E-state index in [4.69, 9.17) is 8.83 Å². The first-order valence-corrected chi connectivity index (χ1v) is 51.4. The molecule has 0 N–H and O–H groups in total. The number of para-hydroxylation sites is 5. The van der Waals surface area contributed by atoms with E-state index < -0.39 is 0 Å². The van der Waals surface area contributed by atoms with E-state index in [1.807, 2.05) is 24.3 Å². The van der Waals surface area contributed by atoms with Crippen LogP contribution in [0.3, 0.4) is 0 Å². The summed E-state index contributed by atoms with van der Waals surface area (Å²) in [5, 5.41) is 4.57. The number of hydrogen-bond donors (Lipinski definition) is 0. The van der Waals surface area contributed by atoms with Crippen LogP contribution in [0.2, 0.25) is 0 Å². The summed E-state index contributed by atoms with van der Waals surface area (Å²) in [7, 11) is 0. The molecule has 20 aromatic rings. The van der Waals surface area contributed by atoms with Crippen molar-refractivity contribution in [3.63, 3.8) is 0 Å². The molecule has 18 aromatic carbocycles. The molecule has 0 saturated heterocycles. The van der Waals surface area contributed by atoms with Gasteiger partial charge in [0, 0.05) is 112 Å². The summed E-state index contributed by atoms with van der Waals surface area (Å²) in [5.74, 6) is 0. The lowest BCUT2D eigenvalue weighted by Crippen LogP contribution is -2.45. The van der Waals surface area contributed by atoms with Crippen LogP contribution in [0.25, 0.3) is 122 Å². The van der Waals surface area contributed by atoms with Gasteiger partial charge in [0.1, 0.15) is 22.3 Å². The van der Waals surface area contributed by atoms with E-state index in [9.17, 15) is 0 Å². The average Bonchev–Trinajstić information content (AvgIpc) is 1.64. The van der Waals surface area contributed by atoms with Crippen LogP contribution in [0.1, 0.15) is 216 Å². The molecule has 0 spiro atoms. The number of anilines is 9. The summed E-state index contributed by atoms with van der Waals surface area (Å²) in [6, 6.07) is 141. The number of nitrogens with zero attached hydrogens (tertiary/aromatic N) is 3. The predicted octanol–water partition coefficient (Wildman–Crippen LogP) is 38.2. The maximum atomic E-state index is 6.35. The van der Waals surface area contributed by atoms with Crippen molar-refractivity contribution in [1.82, 2.24) is 0 Å². The van der Waals surface area contributed by atoms with E-state index in [1.54, 1.807) is 0 Å². The van der Waals surface area contributed by atoms with Gasteiger partial charge < -0.3 is 23.5 Å². The second-order valence-corrected chi connectivity index (χ2v) is 46.7. The molecule has 0 fully saturated rings. The smallest absolute Gasteiger partial charge is 0.137 e. The van der Waals surface area contributed by atoms with Gasteiger partial charge in [-0.25, -0.2) is 0 Å². The van der Waals surface area contributed by atoms with E-state index in [1.165, 1.54) is 173 Å². The van der Waals surface area contributed by atoms with E-state index in [0.29, 0.717) is 0 Å². The molecule has 0 radical (unpaired) electrons. The van der Waals surface area contributed by atoms with Crippen LogP contribution in [0.5, 0.6) is 0 Å². The van der Waals surface area contributed by atoms with Crippen molar-refractivity contribution >= 4 is 95.1 Å². The molecule has 0 bridgehead atoms. The predicted molar refractivity (Wildman–Crippen MR) is 603 cm³/mol. The normalized spacial score (nSPS) is 16.8. The molecule has 0 saturated carbocycles. The van der Waals surface area contributed by atoms with E-state index in [2.05, 4.69) is 511 Å². The maximum Gasteiger partial charge on any atom is 0.137 e. The lowest BCUT2D eigenvalue weighted by Gasteiger charge is -2.50. The fourth-order valence-electron chi connectivity index (χ4n) is 27.0. The number of rotatable bonds is 9. The van der Waals surface area contributed by atoms with Crippen molar-refractivity contribution in [2.45, 2.75) is 193 Å². The van der Waals surface area contributed by atoms with Gasteiger partial charge in [0.2, 0.25) is 0 Å². The molecule has 5 heteroatoms. The number of fused-ring (bicyclic) bond motifs is 30. The van der Waals surface area contributed by atoms with Crippen LogP contribution in [-0.4, -0.2) is 0 Å². The molecule has 0 amide bonds. The van der Waals surface area contributed by atoms with Gasteiger partial charge in [0.05, 0.1) is 0 Å². The molecule has 27 rings (SSSR count). The second-order valence-electron chi connectivity index (χ2n) is 46.7. The SMILES string of the molecule is CC1(C)c2cc(N(c3ccccc3)c3ccc4c(c3)oc3ccccc34)ccc2-c2c1ccc1c2C(C)(C)C(C)(C)c2ccccc2-1.CC1(C)c2cc(N(c3ccccc3)c3ccc4c(c3)oc3ccccc34)ccc2-c2ccc3c(c21)C(C)(C)C(C)(C)c1ccccc1-3.CC1(C)c2ccccc2-c2ccc(N(c3ccccc3)c3ccc4c(c3)C(C)(C)c3c-4ccc4c3C(C)(C)C(C)(C)c3ccccc3-4)cc21. The van der Waals surface area contributed by atoms with Gasteiger partial charge in [-0.3, -0.25) is 0 Å². The first kappa shape index (κ1) is 89.3. The van der Waals surface area contributed by atoms with Gasteiger partial charge in [-0.1, -0.05) is 387 Å².